The van der Waals surface area contributed by atoms with Gasteiger partial charge in [-0.15, -0.1) is 0 Å². The first-order valence-corrected chi connectivity index (χ1v) is 6.01. The molecule has 0 radical (unpaired) electrons. The third kappa shape index (κ3) is 7.17. The quantitative estimate of drug-likeness (QED) is 0.587. The zero-order valence-electron chi connectivity index (χ0n) is 9.04. The zero-order chi connectivity index (χ0) is 11.2. The van der Waals surface area contributed by atoms with E-state index in [0.717, 1.165) is 5.75 Å². The summed E-state index contributed by atoms with van der Waals surface area (Å²) in [7, 11) is 0. The monoisotopic (exact) mass is 220 g/mol. The van der Waals surface area contributed by atoms with Crippen LogP contribution in [0.25, 0.3) is 0 Å². The van der Waals surface area contributed by atoms with E-state index in [2.05, 4.69) is 5.32 Å². The average molecular weight is 220 g/mol. The number of carbonyl (C=O) groups excluding carboxylic acids is 1. The molecular formula is C9H20N2O2S. The molecule has 4 N–H and O–H groups in total. The summed E-state index contributed by atoms with van der Waals surface area (Å²) in [5.74, 6) is 0.679. The second kappa shape index (κ2) is 6.27. The molecule has 0 unspecified atom stereocenters. The minimum absolute atomic E-state index is 0.193. The second-order valence-corrected chi connectivity index (χ2v) is 4.90. The Bertz CT molecular complexity index is 180. The lowest BCUT2D eigenvalue weighted by atomic mass is 10.1. The van der Waals surface area contributed by atoms with E-state index in [-0.39, 0.29) is 12.5 Å². The minimum Gasteiger partial charge on any atom is -0.389 e. The highest BCUT2D eigenvalue weighted by Crippen LogP contribution is 2.00. The van der Waals surface area contributed by atoms with Crippen molar-refractivity contribution in [2.24, 2.45) is 5.73 Å². The number of carbonyl (C=O) groups is 1. The fraction of sp³-hybridized carbons (Fsp3) is 0.889. The van der Waals surface area contributed by atoms with Gasteiger partial charge in [0.2, 0.25) is 5.91 Å². The number of hydrogen-bond acceptors (Lipinski definition) is 4. The highest BCUT2D eigenvalue weighted by Gasteiger charge is 2.17. The van der Waals surface area contributed by atoms with Gasteiger partial charge in [0.1, 0.15) is 0 Å². The molecule has 0 aromatic heterocycles. The minimum atomic E-state index is -0.880. The number of aliphatic hydroxyl groups is 1. The lowest BCUT2D eigenvalue weighted by Gasteiger charge is -2.19. The third-order valence-electron chi connectivity index (χ3n) is 1.66. The van der Waals surface area contributed by atoms with E-state index >= 15 is 0 Å². The van der Waals surface area contributed by atoms with Gasteiger partial charge in [-0.1, -0.05) is 0 Å². The predicted octanol–water partition coefficient (Wildman–Crippen LogP) is -0.0461. The number of nitrogens with one attached hydrogen (secondary N) is 1. The molecule has 0 aliphatic rings. The summed E-state index contributed by atoms with van der Waals surface area (Å²) in [6.45, 7) is 3.51. The Morgan fingerprint density at radius 3 is 2.64 bits per heavy atom. The summed E-state index contributed by atoms with van der Waals surface area (Å²) in [6.07, 6.45) is 2.64. The molecule has 0 bridgehead atoms. The van der Waals surface area contributed by atoms with Gasteiger partial charge in [0.15, 0.2) is 0 Å². The Labute approximate surface area is 89.6 Å². The van der Waals surface area contributed by atoms with Crippen LogP contribution in [-0.4, -0.2) is 41.2 Å². The normalized spacial score (nSPS) is 13.8. The first-order valence-electron chi connectivity index (χ1n) is 4.61. The van der Waals surface area contributed by atoms with Crippen LogP contribution >= 0.6 is 11.8 Å². The second-order valence-electron chi connectivity index (χ2n) is 3.92. The SMILES string of the molecule is CSCC[C@@H](N)C(=O)NCC(C)(C)O. The van der Waals surface area contributed by atoms with Crippen molar-refractivity contribution < 1.29 is 9.90 Å². The molecule has 0 saturated heterocycles. The number of hydrogen-bond donors (Lipinski definition) is 3. The summed E-state index contributed by atoms with van der Waals surface area (Å²) >= 11 is 1.66. The molecule has 0 aliphatic heterocycles. The van der Waals surface area contributed by atoms with Gasteiger partial charge in [-0.2, -0.15) is 11.8 Å². The molecule has 0 saturated carbocycles. The van der Waals surface area contributed by atoms with E-state index < -0.39 is 11.6 Å². The summed E-state index contributed by atoms with van der Waals surface area (Å²) < 4.78 is 0. The molecule has 0 aliphatic carbocycles. The van der Waals surface area contributed by atoms with Gasteiger partial charge in [-0.05, 0) is 32.3 Å². The van der Waals surface area contributed by atoms with E-state index in [9.17, 15) is 9.90 Å². The lowest BCUT2D eigenvalue weighted by molar-refractivity contribution is -0.123. The highest BCUT2D eigenvalue weighted by atomic mass is 32.2. The van der Waals surface area contributed by atoms with Crippen LogP contribution < -0.4 is 11.1 Å². The van der Waals surface area contributed by atoms with Gasteiger partial charge >= 0.3 is 0 Å². The topological polar surface area (TPSA) is 75.4 Å². The van der Waals surface area contributed by atoms with Crippen LogP contribution in [-0.2, 0) is 4.79 Å². The Balaban J connectivity index is 3.73. The first kappa shape index (κ1) is 13.7. The van der Waals surface area contributed by atoms with Crippen molar-refractivity contribution in [2.75, 3.05) is 18.6 Å². The molecule has 0 rings (SSSR count). The van der Waals surface area contributed by atoms with E-state index in [0.29, 0.717) is 6.42 Å². The maximum Gasteiger partial charge on any atom is 0.237 e. The first-order chi connectivity index (χ1) is 6.37. The Morgan fingerprint density at radius 2 is 2.21 bits per heavy atom. The van der Waals surface area contributed by atoms with Crippen molar-refractivity contribution in [1.82, 2.24) is 5.32 Å². The number of amides is 1. The molecule has 1 atom stereocenters. The molecule has 1 amide bonds. The fourth-order valence-electron chi connectivity index (χ4n) is 0.810. The van der Waals surface area contributed by atoms with Crippen LogP contribution in [0.4, 0.5) is 0 Å². The maximum absolute atomic E-state index is 11.3. The molecule has 0 aromatic rings. The molecular weight excluding hydrogens is 200 g/mol. The van der Waals surface area contributed by atoms with Crippen LogP contribution in [0.3, 0.4) is 0 Å². The largest absolute Gasteiger partial charge is 0.389 e. The van der Waals surface area contributed by atoms with Crippen LogP contribution in [0.15, 0.2) is 0 Å². The lowest BCUT2D eigenvalue weighted by Crippen LogP contribution is -2.46. The Hall–Kier alpha value is -0.260. The van der Waals surface area contributed by atoms with Crippen LogP contribution in [0.5, 0.6) is 0 Å². The standard InChI is InChI=1S/C9H20N2O2S/c1-9(2,13)6-11-8(12)7(10)4-5-14-3/h7,13H,4-6,10H2,1-3H3,(H,11,12)/t7-/m1/s1. The molecule has 5 heteroatoms. The van der Waals surface area contributed by atoms with Crippen LogP contribution in [0.1, 0.15) is 20.3 Å². The Kier molecular flexibility index (Phi) is 6.15. The third-order valence-corrected chi connectivity index (χ3v) is 2.31. The fourth-order valence-corrected chi connectivity index (χ4v) is 1.30. The van der Waals surface area contributed by atoms with Crippen molar-refractivity contribution in [2.45, 2.75) is 31.9 Å². The van der Waals surface area contributed by atoms with Crippen molar-refractivity contribution >= 4 is 17.7 Å². The molecule has 0 aromatic carbocycles. The summed E-state index contributed by atoms with van der Waals surface area (Å²) in [4.78, 5) is 11.3. The van der Waals surface area contributed by atoms with Crippen LogP contribution in [0.2, 0.25) is 0 Å². The summed E-state index contributed by atoms with van der Waals surface area (Å²) in [5, 5.41) is 12.0. The van der Waals surface area contributed by atoms with Crippen molar-refractivity contribution in [3.8, 4) is 0 Å². The molecule has 4 nitrogen and oxygen atoms in total. The van der Waals surface area contributed by atoms with E-state index in [1.165, 1.54) is 0 Å². The van der Waals surface area contributed by atoms with Crippen molar-refractivity contribution in [1.29, 1.82) is 0 Å². The zero-order valence-corrected chi connectivity index (χ0v) is 9.86. The summed E-state index contributed by atoms with van der Waals surface area (Å²) in [6, 6.07) is -0.468. The molecule has 14 heavy (non-hydrogen) atoms. The van der Waals surface area contributed by atoms with E-state index in [1.807, 2.05) is 6.26 Å². The smallest absolute Gasteiger partial charge is 0.237 e. The number of thioether (sulfide) groups is 1. The number of nitrogens with two attached hydrogens (primary N) is 1. The average Bonchev–Trinajstić information content (AvgIpc) is 2.09. The molecule has 0 spiro atoms. The van der Waals surface area contributed by atoms with Gasteiger partial charge in [0.05, 0.1) is 11.6 Å². The number of rotatable bonds is 6. The molecule has 84 valence electrons. The van der Waals surface area contributed by atoms with Crippen LogP contribution in [0, 0.1) is 0 Å². The van der Waals surface area contributed by atoms with Crippen molar-refractivity contribution in [3.63, 3.8) is 0 Å². The Morgan fingerprint density at radius 1 is 1.64 bits per heavy atom. The van der Waals surface area contributed by atoms with E-state index in [1.54, 1.807) is 25.6 Å². The van der Waals surface area contributed by atoms with Gasteiger partial charge in [-0.3, -0.25) is 4.79 Å². The maximum atomic E-state index is 11.3. The molecule has 0 fully saturated rings. The highest BCUT2D eigenvalue weighted by molar-refractivity contribution is 7.98. The van der Waals surface area contributed by atoms with Gasteiger partial charge in [-0.25, -0.2) is 0 Å². The molecule has 0 heterocycles. The van der Waals surface area contributed by atoms with Gasteiger partial charge < -0.3 is 16.2 Å². The summed E-state index contributed by atoms with van der Waals surface area (Å²) in [5.41, 5.74) is 4.75. The predicted molar refractivity (Wildman–Crippen MR) is 60.3 cm³/mol. The van der Waals surface area contributed by atoms with Gasteiger partial charge in [0, 0.05) is 6.54 Å². The van der Waals surface area contributed by atoms with E-state index in [4.69, 9.17) is 5.73 Å². The van der Waals surface area contributed by atoms with Crippen molar-refractivity contribution in [3.05, 3.63) is 0 Å². The van der Waals surface area contributed by atoms with Gasteiger partial charge in [0.25, 0.3) is 0 Å².